The summed E-state index contributed by atoms with van der Waals surface area (Å²) in [6, 6.07) is 13.4. The van der Waals surface area contributed by atoms with E-state index in [1.54, 1.807) is 19.2 Å². The summed E-state index contributed by atoms with van der Waals surface area (Å²) in [7, 11) is 1.61. The Hall–Kier alpha value is -2.63. The van der Waals surface area contributed by atoms with Gasteiger partial charge in [0.05, 0.1) is 12.2 Å². The molecule has 1 atom stereocenters. The Kier molecular flexibility index (Phi) is 6.50. The second kappa shape index (κ2) is 9.55. The molecule has 0 aliphatic heterocycles. The Bertz CT molecular complexity index is 1020. The third-order valence-electron chi connectivity index (χ3n) is 7.96. The Morgan fingerprint density at radius 1 is 1.00 bits per heavy atom. The lowest BCUT2D eigenvalue weighted by atomic mass is 9.48. The first kappa shape index (κ1) is 23.1. The maximum Gasteiger partial charge on any atom is 0.335 e. The topological polar surface area (TPSA) is 65.0 Å². The van der Waals surface area contributed by atoms with Crippen LogP contribution in [0.2, 0.25) is 0 Å². The molecule has 5 heteroatoms. The lowest BCUT2D eigenvalue weighted by molar-refractivity contribution is -0.231. The van der Waals surface area contributed by atoms with Gasteiger partial charge in [-0.1, -0.05) is 36.4 Å². The molecule has 0 aromatic heterocycles. The molecule has 4 aliphatic carbocycles. The fourth-order valence-corrected chi connectivity index (χ4v) is 6.94. The summed E-state index contributed by atoms with van der Waals surface area (Å²) in [4.78, 5) is 11.1. The van der Waals surface area contributed by atoms with Crippen LogP contribution in [-0.2, 0) is 14.9 Å². The molecule has 34 heavy (non-hydrogen) atoms. The van der Waals surface area contributed by atoms with Crippen LogP contribution in [0, 0.1) is 17.8 Å². The number of aromatic carboxylic acids is 1. The average Bonchev–Trinajstić information content (AvgIpc) is 2.82. The van der Waals surface area contributed by atoms with Crippen LogP contribution < -0.4 is 4.74 Å². The number of ether oxygens (including phenoxy) is 3. The van der Waals surface area contributed by atoms with Crippen molar-refractivity contribution in [3.8, 4) is 5.75 Å². The summed E-state index contributed by atoms with van der Waals surface area (Å²) in [5, 5.41) is 9.11. The van der Waals surface area contributed by atoms with Crippen molar-refractivity contribution in [3.63, 3.8) is 0 Å². The van der Waals surface area contributed by atoms with Gasteiger partial charge in [-0.15, -0.1) is 0 Å². The normalized spacial score (nSPS) is 28.4. The minimum Gasteiger partial charge on any atom is -0.478 e. The van der Waals surface area contributed by atoms with Gasteiger partial charge in [-0.05, 0) is 97.9 Å². The molecule has 0 heterocycles. The molecule has 4 fully saturated rings. The van der Waals surface area contributed by atoms with Gasteiger partial charge in [0.25, 0.3) is 0 Å². The van der Waals surface area contributed by atoms with Crippen LogP contribution in [0.15, 0.2) is 42.5 Å². The van der Waals surface area contributed by atoms with Gasteiger partial charge < -0.3 is 19.3 Å². The van der Waals surface area contributed by atoms with Crippen LogP contribution in [-0.4, -0.2) is 31.3 Å². The van der Waals surface area contributed by atoms with Crippen LogP contribution in [0.3, 0.4) is 0 Å². The molecular formula is C29H34O5. The standard InChI is InChI=1S/C29H34O5/c1-3-33-28(32-2)34-26-15-20(5-4-19-6-9-24(10-7-19)27(30)31)8-11-25(26)29-16-21-12-22(17-29)14-23(13-21)18-29/h4-11,15,21-23,28H,3,12-14,16-18H2,1-2H3,(H,30,31)/b5-4+. The lowest BCUT2D eigenvalue weighted by Gasteiger charge is -2.57. The van der Waals surface area contributed by atoms with Crippen molar-refractivity contribution in [1.82, 2.24) is 0 Å². The molecule has 5 nitrogen and oxygen atoms in total. The van der Waals surface area contributed by atoms with Crippen molar-refractivity contribution >= 4 is 18.1 Å². The van der Waals surface area contributed by atoms with E-state index in [-0.39, 0.29) is 11.0 Å². The van der Waals surface area contributed by atoms with Gasteiger partial charge in [-0.25, -0.2) is 4.79 Å². The molecule has 1 N–H and O–H groups in total. The number of carbonyl (C=O) groups is 1. The predicted octanol–water partition coefficient (Wildman–Crippen LogP) is 6.37. The monoisotopic (exact) mass is 462 g/mol. The van der Waals surface area contributed by atoms with E-state index in [9.17, 15) is 4.79 Å². The van der Waals surface area contributed by atoms with Gasteiger partial charge in [-0.3, -0.25) is 0 Å². The number of carboxylic acid groups (broad SMARTS) is 1. The maximum absolute atomic E-state index is 11.1. The summed E-state index contributed by atoms with van der Waals surface area (Å²) in [5.74, 6) is 2.47. The molecule has 0 radical (unpaired) electrons. The zero-order chi connectivity index (χ0) is 23.7. The van der Waals surface area contributed by atoms with E-state index in [0.29, 0.717) is 6.61 Å². The Morgan fingerprint density at radius 2 is 1.59 bits per heavy atom. The number of methoxy groups -OCH3 is 1. The van der Waals surface area contributed by atoms with Gasteiger partial charge in [0.2, 0.25) is 0 Å². The van der Waals surface area contributed by atoms with Crippen molar-refractivity contribution in [2.75, 3.05) is 13.7 Å². The van der Waals surface area contributed by atoms with Crippen molar-refractivity contribution in [3.05, 3.63) is 64.7 Å². The van der Waals surface area contributed by atoms with Crippen LogP contribution in [0.4, 0.5) is 0 Å². The number of hydrogen-bond acceptors (Lipinski definition) is 4. The highest BCUT2D eigenvalue weighted by molar-refractivity contribution is 5.88. The molecule has 0 spiro atoms. The summed E-state index contributed by atoms with van der Waals surface area (Å²) in [6.07, 6.45) is 12.0. The quantitative estimate of drug-likeness (QED) is 0.347. The molecule has 180 valence electrons. The van der Waals surface area contributed by atoms with Gasteiger partial charge >= 0.3 is 12.4 Å². The van der Waals surface area contributed by atoms with E-state index in [4.69, 9.17) is 19.3 Å². The number of carboxylic acids is 1. The maximum atomic E-state index is 11.1. The molecule has 6 rings (SSSR count). The van der Waals surface area contributed by atoms with Crippen LogP contribution in [0.5, 0.6) is 5.75 Å². The summed E-state index contributed by atoms with van der Waals surface area (Å²) in [6.45, 7) is 1.71. The van der Waals surface area contributed by atoms with Crippen molar-refractivity contribution in [1.29, 1.82) is 0 Å². The zero-order valence-electron chi connectivity index (χ0n) is 20.0. The van der Waals surface area contributed by atoms with Crippen molar-refractivity contribution < 1.29 is 24.1 Å². The van der Waals surface area contributed by atoms with E-state index in [1.165, 1.54) is 44.1 Å². The van der Waals surface area contributed by atoms with Gasteiger partial charge in [-0.2, -0.15) is 0 Å². The van der Waals surface area contributed by atoms with Gasteiger partial charge in [0.15, 0.2) is 0 Å². The minimum atomic E-state index is -0.917. The third kappa shape index (κ3) is 4.64. The molecule has 0 saturated heterocycles. The first-order valence-electron chi connectivity index (χ1n) is 12.4. The van der Waals surface area contributed by atoms with E-state index in [1.807, 2.05) is 31.2 Å². The van der Waals surface area contributed by atoms with Gasteiger partial charge in [0, 0.05) is 12.7 Å². The third-order valence-corrected chi connectivity index (χ3v) is 7.96. The Labute approximate surface area is 201 Å². The Balaban J connectivity index is 1.45. The fraction of sp³-hybridized carbons (Fsp3) is 0.483. The second-order valence-corrected chi connectivity index (χ2v) is 10.3. The predicted molar refractivity (Wildman–Crippen MR) is 132 cm³/mol. The largest absolute Gasteiger partial charge is 0.478 e. The highest BCUT2D eigenvalue weighted by atomic mass is 16.8. The van der Waals surface area contributed by atoms with Gasteiger partial charge in [0.1, 0.15) is 5.75 Å². The van der Waals surface area contributed by atoms with Crippen molar-refractivity contribution in [2.45, 2.75) is 57.3 Å². The van der Waals surface area contributed by atoms with Crippen LogP contribution in [0.1, 0.15) is 72.5 Å². The smallest absolute Gasteiger partial charge is 0.335 e. The molecule has 4 bridgehead atoms. The number of rotatable bonds is 9. The minimum absolute atomic E-state index is 0.198. The summed E-state index contributed by atoms with van der Waals surface area (Å²) in [5.41, 5.74) is 3.76. The first-order valence-corrected chi connectivity index (χ1v) is 12.4. The molecular weight excluding hydrogens is 428 g/mol. The Morgan fingerprint density at radius 3 is 2.15 bits per heavy atom. The van der Waals surface area contributed by atoms with E-state index in [2.05, 4.69) is 18.2 Å². The summed E-state index contributed by atoms with van der Waals surface area (Å²) < 4.78 is 17.4. The molecule has 4 aliphatic rings. The first-order chi connectivity index (χ1) is 16.5. The summed E-state index contributed by atoms with van der Waals surface area (Å²) >= 11 is 0. The second-order valence-electron chi connectivity index (χ2n) is 10.3. The number of hydrogen-bond donors (Lipinski definition) is 1. The molecule has 2 aromatic carbocycles. The lowest BCUT2D eigenvalue weighted by Crippen LogP contribution is -2.48. The number of benzene rings is 2. The molecule has 0 amide bonds. The van der Waals surface area contributed by atoms with E-state index >= 15 is 0 Å². The van der Waals surface area contributed by atoms with E-state index < -0.39 is 12.4 Å². The fourth-order valence-electron chi connectivity index (χ4n) is 6.94. The molecule has 2 aromatic rings. The zero-order valence-corrected chi connectivity index (χ0v) is 20.0. The van der Waals surface area contributed by atoms with Crippen LogP contribution >= 0.6 is 0 Å². The van der Waals surface area contributed by atoms with Crippen molar-refractivity contribution in [2.24, 2.45) is 17.8 Å². The van der Waals surface area contributed by atoms with Crippen LogP contribution in [0.25, 0.3) is 12.2 Å². The SMILES string of the molecule is CCOC(OC)Oc1cc(/C=C/c2ccc(C(=O)O)cc2)ccc1C12CC3CC(CC(C3)C1)C2. The van der Waals surface area contributed by atoms with E-state index in [0.717, 1.165) is 34.6 Å². The highest BCUT2D eigenvalue weighted by Crippen LogP contribution is 2.62. The molecule has 1 unspecified atom stereocenters. The average molecular weight is 463 g/mol. The molecule has 4 saturated carbocycles. The highest BCUT2D eigenvalue weighted by Gasteiger charge is 2.52.